The van der Waals surface area contributed by atoms with E-state index in [4.69, 9.17) is 9.47 Å². The van der Waals surface area contributed by atoms with Gasteiger partial charge in [-0.1, -0.05) is 84.9 Å². The molecule has 0 radical (unpaired) electrons. The van der Waals surface area contributed by atoms with Gasteiger partial charge in [-0.25, -0.2) is 0 Å². The van der Waals surface area contributed by atoms with Crippen LogP contribution in [0.2, 0.25) is 0 Å². The lowest BCUT2D eigenvalue weighted by Gasteiger charge is -2.35. The van der Waals surface area contributed by atoms with Gasteiger partial charge in [-0.15, -0.1) is 0 Å². The molecule has 36 heavy (non-hydrogen) atoms. The molecule has 4 heteroatoms. The first-order valence-corrected chi connectivity index (χ1v) is 13.7. The van der Waals surface area contributed by atoms with Crippen LogP contribution in [0.4, 0.5) is 0 Å². The molecule has 6 aromatic carbocycles. The van der Waals surface area contributed by atoms with Crippen LogP contribution in [0.15, 0.2) is 115 Å². The monoisotopic (exact) mass is 482 g/mol. The Morgan fingerprint density at radius 1 is 0.500 bits per heavy atom. The Kier molecular flexibility index (Phi) is 3.93. The molecule has 0 N–H and O–H groups in total. The van der Waals surface area contributed by atoms with Gasteiger partial charge in [-0.3, -0.25) is 0 Å². The maximum atomic E-state index is 15.5. The summed E-state index contributed by atoms with van der Waals surface area (Å²) in [4.78, 5) is 0. The summed E-state index contributed by atoms with van der Waals surface area (Å²) in [5, 5.41) is 6.42. The maximum absolute atomic E-state index is 15.5. The number of fused-ring (bicyclic) bond motifs is 7. The summed E-state index contributed by atoms with van der Waals surface area (Å²) < 4.78 is 28.4. The largest absolute Gasteiger partial charge is 0.456 e. The molecule has 2 aliphatic heterocycles. The minimum Gasteiger partial charge on any atom is -0.456 e. The Labute approximate surface area is 207 Å². The minimum absolute atomic E-state index is 0.594. The van der Waals surface area contributed by atoms with E-state index in [9.17, 15) is 0 Å². The molecule has 6 aromatic rings. The van der Waals surface area contributed by atoms with Gasteiger partial charge in [0.1, 0.15) is 28.3 Å². The zero-order chi connectivity index (χ0) is 23.9. The molecule has 8 rings (SSSR count). The van der Waals surface area contributed by atoms with E-state index in [0.29, 0.717) is 28.3 Å². The number of ether oxygens (including phenoxy) is 2. The Balaban J connectivity index is 1.48. The zero-order valence-electron chi connectivity index (χ0n) is 19.1. The highest BCUT2D eigenvalue weighted by atomic mass is 31.2. The molecule has 1 atom stereocenters. The smallest absolute Gasteiger partial charge is 0.186 e. The molecule has 0 fully saturated rings. The standard InChI is InChI=1S/C32H19O3P/c33-36-30-15-6-5-14-26(30)34-28-18-22(24-13-7-10-20-8-1-3-11-23(20)24)19-29(32(28)36)35-27-17-16-21-9-2-4-12-25(21)31(27)36/h1-19H. The SMILES string of the molecule is O=P12c3ccccc3Oc3cc(-c4cccc5ccccc45)cc(c31)Oc1ccc3ccccc3c12. The predicted molar refractivity (Wildman–Crippen MR) is 146 cm³/mol. The summed E-state index contributed by atoms with van der Waals surface area (Å²) in [5.74, 6) is 2.46. The number of hydrogen-bond donors (Lipinski definition) is 0. The lowest BCUT2D eigenvalue weighted by molar-refractivity contribution is 0.462. The van der Waals surface area contributed by atoms with Crippen LogP contribution in [0.5, 0.6) is 23.0 Å². The summed E-state index contributed by atoms with van der Waals surface area (Å²) in [5.41, 5.74) is 2.05. The fourth-order valence-electron chi connectivity index (χ4n) is 5.72. The first-order chi connectivity index (χ1) is 17.7. The van der Waals surface area contributed by atoms with Crippen LogP contribution in [0.25, 0.3) is 32.7 Å². The normalized spacial score (nSPS) is 17.0. The van der Waals surface area contributed by atoms with Crippen molar-refractivity contribution >= 4 is 44.6 Å². The molecular formula is C32H19O3P. The second-order valence-electron chi connectivity index (χ2n) is 9.26. The van der Waals surface area contributed by atoms with E-state index in [1.54, 1.807) is 0 Å². The topological polar surface area (TPSA) is 35.5 Å². The van der Waals surface area contributed by atoms with Crippen molar-refractivity contribution in [1.82, 2.24) is 0 Å². The summed E-state index contributed by atoms with van der Waals surface area (Å²) >= 11 is 0. The Hall–Kier alpha value is -4.33. The number of rotatable bonds is 1. The molecule has 0 aliphatic carbocycles. The van der Waals surface area contributed by atoms with Gasteiger partial charge in [0.15, 0.2) is 7.14 Å². The van der Waals surface area contributed by atoms with Crippen molar-refractivity contribution in [1.29, 1.82) is 0 Å². The second kappa shape index (κ2) is 7.10. The van der Waals surface area contributed by atoms with Gasteiger partial charge in [0.2, 0.25) is 0 Å². The Morgan fingerprint density at radius 2 is 1.14 bits per heavy atom. The molecule has 0 saturated carbocycles. The van der Waals surface area contributed by atoms with Crippen LogP contribution in [0, 0.1) is 0 Å². The summed E-state index contributed by atoms with van der Waals surface area (Å²) in [6.45, 7) is 0. The molecule has 0 bridgehead atoms. The molecule has 0 spiro atoms. The van der Waals surface area contributed by atoms with Crippen LogP contribution in [0.3, 0.4) is 0 Å². The van der Waals surface area contributed by atoms with Crippen molar-refractivity contribution < 1.29 is 14.0 Å². The van der Waals surface area contributed by atoms with E-state index in [-0.39, 0.29) is 0 Å². The lowest BCUT2D eigenvalue weighted by Crippen LogP contribution is -2.35. The van der Waals surface area contributed by atoms with Crippen molar-refractivity contribution in [2.24, 2.45) is 0 Å². The van der Waals surface area contributed by atoms with Crippen molar-refractivity contribution in [3.8, 4) is 34.1 Å². The average Bonchev–Trinajstić information content (AvgIpc) is 2.92. The molecule has 3 nitrogen and oxygen atoms in total. The maximum Gasteiger partial charge on any atom is 0.186 e. The second-order valence-corrected chi connectivity index (χ2v) is 11.9. The Morgan fingerprint density at radius 3 is 1.97 bits per heavy atom. The van der Waals surface area contributed by atoms with Gasteiger partial charge in [0.05, 0.1) is 10.6 Å². The molecule has 2 aliphatic rings. The van der Waals surface area contributed by atoms with Gasteiger partial charge < -0.3 is 14.0 Å². The predicted octanol–water partition coefficient (Wildman–Crippen LogP) is 7.51. The van der Waals surface area contributed by atoms with Crippen LogP contribution in [0.1, 0.15) is 0 Å². The molecule has 0 saturated heterocycles. The van der Waals surface area contributed by atoms with Crippen LogP contribution in [-0.4, -0.2) is 0 Å². The van der Waals surface area contributed by atoms with Gasteiger partial charge in [0.25, 0.3) is 0 Å². The summed E-state index contributed by atoms with van der Waals surface area (Å²) in [6.07, 6.45) is 0. The van der Waals surface area contributed by atoms with Crippen molar-refractivity contribution in [2.75, 3.05) is 0 Å². The van der Waals surface area contributed by atoms with E-state index in [0.717, 1.165) is 43.3 Å². The Bertz CT molecular complexity index is 1920. The third-order valence-electron chi connectivity index (χ3n) is 7.28. The van der Waals surface area contributed by atoms with Gasteiger partial charge in [-0.2, -0.15) is 0 Å². The minimum atomic E-state index is -3.27. The average molecular weight is 482 g/mol. The van der Waals surface area contributed by atoms with E-state index < -0.39 is 7.14 Å². The molecule has 0 aromatic heterocycles. The van der Waals surface area contributed by atoms with Gasteiger partial charge >= 0.3 is 0 Å². The molecule has 2 heterocycles. The number of benzene rings is 6. The van der Waals surface area contributed by atoms with Crippen LogP contribution >= 0.6 is 7.14 Å². The number of hydrogen-bond acceptors (Lipinski definition) is 3. The molecule has 170 valence electrons. The van der Waals surface area contributed by atoms with E-state index in [2.05, 4.69) is 30.3 Å². The van der Waals surface area contributed by atoms with Crippen LogP contribution in [-0.2, 0) is 4.57 Å². The van der Waals surface area contributed by atoms with Crippen molar-refractivity contribution in [3.63, 3.8) is 0 Å². The van der Waals surface area contributed by atoms with Crippen LogP contribution < -0.4 is 25.4 Å². The first-order valence-electron chi connectivity index (χ1n) is 12.0. The fourth-order valence-corrected chi connectivity index (χ4v) is 8.96. The fraction of sp³-hybridized carbons (Fsp3) is 0. The highest BCUT2D eigenvalue weighted by Crippen LogP contribution is 2.60. The quantitative estimate of drug-likeness (QED) is 0.227. The summed E-state index contributed by atoms with van der Waals surface area (Å²) in [6, 6.07) is 38.4. The van der Waals surface area contributed by atoms with Gasteiger partial charge in [0, 0.05) is 0 Å². The van der Waals surface area contributed by atoms with E-state index >= 15 is 4.57 Å². The highest BCUT2D eigenvalue weighted by molar-refractivity contribution is 7.86. The lowest BCUT2D eigenvalue weighted by atomic mass is 9.98. The van der Waals surface area contributed by atoms with E-state index in [1.165, 1.54) is 0 Å². The molecular weight excluding hydrogens is 463 g/mol. The summed E-state index contributed by atoms with van der Waals surface area (Å²) in [7, 11) is -3.27. The third-order valence-corrected chi connectivity index (χ3v) is 10.5. The highest BCUT2D eigenvalue weighted by Gasteiger charge is 2.47. The number of para-hydroxylation sites is 1. The molecule has 0 amide bonds. The van der Waals surface area contributed by atoms with E-state index in [1.807, 2.05) is 84.9 Å². The van der Waals surface area contributed by atoms with Crippen molar-refractivity contribution in [2.45, 2.75) is 0 Å². The van der Waals surface area contributed by atoms with Crippen molar-refractivity contribution in [3.05, 3.63) is 115 Å². The van der Waals surface area contributed by atoms with Gasteiger partial charge in [-0.05, 0) is 63.0 Å². The third kappa shape index (κ3) is 2.56. The zero-order valence-corrected chi connectivity index (χ0v) is 20.0. The molecule has 1 unspecified atom stereocenters. The first kappa shape index (κ1) is 19.9.